The van der Waals surface area contributed by atoms with E-state index < -0.39 is 46.3 Å². The van der Waals surface area contributed by atoms with E-state index >= 15 is 0 Å². The summed E-state index contributed by atoms with van der Waals surface area (Å²) < 4.78 is 121. The van der Waals surface area contributed by atoms with Crippen molar-refractivity contribution in [3.05, 3.63) is 83.2 Å². The highest BCUT2D eigenvalue weighted by Gasteiger charge is 2.38. The molecule has 0 saturated carbocycles. The second kappa shape index (κ2) is 8.07. The molecule has 3 rings (SSSR count). The molecular formula is C22H14F9N. The third kappa shape index (κ3) is 4.84. The molecular weight excluding hydrogens is 449 g/mol. The topological polar surface area (TPSA) is 4.93 Å². The first-order chi connectivity index (χ1) is 14.7. The SMILES string of the molecule is C/C=C\c1cccn1-c1ccc(C(F)(F)F)cc1-c1cc(C(F)(F)F)cc(C(F)(F)F)c1. The molecule has 0 aliphatic rings. The lowest BCUT2D eigenvalue weighted by Gasteiger charge is -2.19. The monoisotopic (exact) mass is 463 g/mol. The lowest BCUT2D eigenvalue weighted by atomic mass is 9.96. The van der Waals surface area contributed by atoms with Gasteiger partial charge in [0.05, 0.1) is 22.4 Å². The lowest BCUT2D eigenvalue weighted by Crippen LogP contribution is -2.12. The third-order valence-electron chi connectivity index (χ3n) is 4.60. The average Bonchev–Trinajstić information content (AvgIpc) is 3.13. The molecule has 0 spiro atoms. The Hall–Kier alpha value is -3.17. The highest BCUT2D eigenvalue weighted by Crippen LogP contribution is 2.41. The van der Waals surface area contributed by atoms with Crippen LogP contribution in [0.3, 0.4) is 0 Å². The Morgan fingerprint density at radius 1 is 0.688 bits per heavy atom. The first kappa shape index (κ1) is 23.5. The van der Waals surface area contributed by atoms with Gasteiger partial charge in [-0.25, -0.2) is 0 Å². The van der Waals surface area contributed by atoms with Crippen LogP contribution >= 0.6 is 0 Å². The summed E-state index contributed by atoms with van der Waals surface area (Å²) in [5, 5.41) is 0. The van der Waals surface area contributed by atoms with Crippen LogP contribution in [-0.2, 0) is 18.5 Å². The molecule has 0 N–H and O–H groups in total. The molecule has 1 heterocycles. The van der Waals surface area contributed by atoms with Crippen molar-refractivity contribution >= 4 is 6.08 Å². The summed E-state index contributed by atoms with van der Waals surface area (Å²) in [6.07, 6.45) is -10.5. The van der Waals surface area contributed by atoms with E-state index in [2.05, 4.69) is 0 Å². The number of allylic oxidation sites excluding steroid dienone is 1. The van der Waals surface area contributed by atoms with Crippen LogP contribution in [0.2, 0.25) is 0 Å². The van der Waals surface area contributed by atoms with E-state index in [0.717, 1.165) is 12.1 Å². The van der Waals surface area contributed by atoms with Crippen molar-refractivity contribution in [1.29, 1.82) is 0 Å². The maximum Gasteiger partial charge on any atom is 0.416 e. The number of halogens is 9. The van der Waals surface area contributed by atoms with Gasteiger partial charge < -0.3 is 4.57 Å². The van der Waals surface area contributed by atoms with Crippen LogP contribution in [0.5, 0.6) is 0 Å². The molecule has 0 amide bonds. The van der Waals surface area contributed by atoms with Crippen molar-refractivity contribution in [2.24, 2.45) is 0 Å². The van der Waals surface area contributed by atoms with Crippen molar-refractivity contribution in [1.82, 2.24) is 4.57 Å². The van der Waals surface area contributed by atoms with E-state index in [1.165, 1.54) is 10.8 Å². The molecule has 1 aromatic heterocycles. The maximum atomic E-state index is 13.3. The maximum absolute atomic E-state index is 13.3. The van der Waals surface area contributed by atoms with Crippen LogP contribution in [-0.4, -0.2) is 4.57 Å². The molecule has 0 unspecified atom stereocenters. The summed E-state index contributed by atoms with van der Waals surface area (Å²) in [4.78, 5) is 0. The predicted molar refractivity (Wildman–Crippen MR) is 101 cm³/mol. The van der Waals surface area contributed by atoms with Gasteiger partial charge in [-0.15, -0.1) is 0 Å². The first-order valence-electron chi connectivity index (χ1n) is 9.03. The van der Waals surface area contributed by atoms with Gasteiger partial charge in [0.2, 0.25) is 0 Å². The molecule has 0 radical (unpaired) electrons. The van der Waals surface area contributed by atoms with E-state index in [-0.39, 0.29) is 11.8 Å². The summed E-state index contributed by atoms with van der Waals surface area (Å²) >= 11 is 0. The van der Waals surface area contributed by atoms with Crippen molar-refractivity contribution < 1.29 is 39.5 Å². The standard InChI is InChI=1S/C22H14F9N/c1-2-4-17-5-3-8-32(17)19-7-6-14(20(23,24)25)12-18(19)13-9-15(21(26,27)28)11-16(10-13)22(29,30)31/h2-12H,1H3/b4-2-. The highest BCUT2D eigenvalue weighted by molar-refractivity contribution is 5.76. The fraction of sp³-hybridized carbons (Fsp3) is 0.182. The lowest BCUT2D eigenvalue weighted by molar-refractivity contribution is -0.143. The van der Waals surface area contributed by atoms with E-state index in [1.807, 2.05) is 0 Å². The summed E-state index contributed by atoms with van der Waals surface area (Å²) in [5.41, 5.74) is -5.06. The Bertz CT molecular complexity index is 1110. The smallest absolute Gasteiger partial charge is 0.317 e. The van der Waals surface area contributed by atoms with Crippen molar-refractivity contribution in [3.63, 3.8) is 0 Å². The fourth-order valence-corrected chi connectivity index (χ4v) is 3.18. The molecule has 0 bridgehead atoms. The largest absolute Gasteiger partial charge is 0.416 e. The quantitative estimate of drug-likeness (QED) is 0.345. The minimum Gasteiger partial charge on any atom is -0.317 e. The predicted octanol–water partition coefficient (Wildman–Crippen LogP) is 8.23. The van der Waals surface area contributed by atoms with Crippen LogP contribution in [0.15, 0.2) is 60.8 Å². The van der Waals surface area contributed by atoms with Gasteiger partial charge in [0.15, 0.2) is 0 Å². The molecule has 0 atom stereocenters. The third-order valence-corrected chi connectivity index (χ3v) is 4.60. The van der Waals surface area contributed by atoms with Crippen LogP contribution < -0.4 is 0 Å². The van der Waals surface area contributed by atoms with E-state index in [1.54, 1.807) is 31.2 Å². The first-order valence-corrected chi connectivity index (χ1v) is 9.03. The molecule has 0 aliphatic carbocycles. The number of alkyl halides is 9. The molecule has 0 aliphatic heterocycles. The fourth-order valence-electron chi connectivity index (χ4n) is 3.18. The van der Waals surface area contributed by atoms with Gasteiger partial charge in [0.25, 0.3) is 0 Å². The number of hydrogen-bond acceptors (Lipinski definition) is 0. The molecule has 0 fully saturated rings. The van der Waals surface area contributed by atoms with E-state index in [0.29, 0.717) is 23.9 Å². The summed E-state index contributed by atoms with van der Waals surface area (Å²) in [6, 6.07) is 6.16. The molecule has 3 aromatic rings. The van der Waals surface area contributed by atoms with Gasteiger partial charge in [-0.05, 0) is 67.1 Å². The number of nitrogens with zero attached hydrogens (tertiary/aromatic N) is 1. The zero-order valence-corrected chi connectivity index (χ0v) is 16.2. The zero-order valence-electron chi connectivity index (χ0n) is 16.2. The van der Waals surface area contributed by atoms with Gasteiger partial charge in [0.1, 0.15) is 0 Å². The number of benzene rings is 2. The van der Waals surface area contributed by atoms with Crippen molar-refractivity contribution in [3.8, 4) is 16.8 Å². The normalized spacial score (nSPS) is 13.2. The van der Waals surface area contributed by atoms with Gasteiger partial charge in [-0.3, -0.25) is 0 Å². The summed E-state index contributed by atoms with van der Waals surface area (Å²) in [5.74, 6) is 0. The molecule has 1 nitrogen and oxygen atoms in total. The molecule has 10 heteroatoms. The van der Waals surface area contributed by atoms with Crippen LogP contribution in [0.25, 0.3) is 22.9 Å². The number of aromatic nitrogens is 1. The van der Waals surface area contributed by atoms with Crippen molar-refractivity contribution in [2.75, 3.05) is 0 Å². The van der Waals surface area contributed by atoms with Crippen LogP contribution in [0, 0.1) is 0 Å². The Morgan fingerprint density at radius 3 is 1.75 bits per heavy atom. The summed E-state index contributed by atoms with van der Waals surface area (Å²) in [6.45, 7) is 1.67. The van der Waals surface area contributed by atoms with E-state index in [9.17, 15) is 39.5 Å². The van der Waals surface area contributed by atoms with Gasteiger partial charge >= 0.3 is 18.5 Å². The van der Waals surface area contributed by atoms with Crippen molar-refractivity contribution in [2.45, 2.75) is 25.5 Å². The molecule has 32 heavy (non-hydrogen) atoms. The Balaban J connectivity index is 2.38. The Labute approximate surface area is 176 Å². The van der Waals surface area contributed by atoms with Gasteiger partial charge in [-0.1, -0.05) is 6.08 Å². The van der Waals surface area contributed by atoms with E-state index in [4.69, 9.17) is 0 Å². The second-order valence-corrected chi connectivity index (χ2v) is 6.83. The van der Waals surface area contributed by atoms with Gasteiger partial charge in [0, 0.05) is 17.5 Å². The average molecular weight is 463 g/mol. The van der Waals surface area contributed by atoms with Crippen LogP contribution in [0.1, 0.15) is 29.3 Å². The number of hydrogen-bond donors (Lipinski definition) is 0. The minimum absolute atomic E-state index is 0.0106. The second-order valence-electron chi connectivity index (χ2n) is 6.83. The van der Waals surface area contributed by atoms with Crippen LogP contribution in [0.4, 0.5) is 39.5 Å². The van der Waals surface area contributed by atoms with Gasteiger partial charge in [-0.2, -0.15) is 39.5 Å². The summed E-state index contributed by atoms with van der Waals surface area (Å²) in [7, 11) is 0. The Kier molecular flexibility index (Phi) is 5.92. The number of rotatable bonds is 3. The molecule has 2 aromatic carbocycles. The molecule has 0 saturated heterocycles. The zero-order chi connectivity index (χ0) is 23.9. The highest BCUT2D eigenvalue weighted by atomic mass is 19.4. The Morgan fingerprint density at radius 2 is 1.25 bits per heavy atom. The molecule has 170 valence electrons. The minimum atomic E-state index is -5.14.